The number of carbonyl (C=O) groups is 1. The van der Waals surface area contributed by atoms with Crippen molar-refractivity contribution >= 4 is 17.3 Å². The van der Waals surface area contributed by atoms with Crippen molar-refractivity contribution in [1.82, 2.24) is 0 Å². The van der Waals surface area contributed by atoms with Crippen molar-refractivity contribution in [3.63, 3.8) is 0 Å². The number of nitrogens with zero attached hydrogens (tertiary/aromatic N) is 1. The molecule has 4 aromatic carbocycles. The number of anilines is 2. The van der Waals surface area contributed by atoms with Crippen LogP contribution in [-0.2, 0) is 29.2 Å². The fourth-order valence-electron chi connectivity index (χ4n) is 4.56. The van der Waals surface area contributed by atoms with Crippen LogP contribution in [0.15, 0.2) is 103 Å². The predicted octanol–water partition coefficient (Wildman–Crippen LogP) is 6.40. The Kier molecular flexibility index (Phi) is 8.21. The van der Waals surface area contributed by atoms with Gasteiger partial charge in [0.2, 0.25) is 0 Å². The van der Waals surface area contributed by atoms with Crippen LogP contribution in [-0.4, -0.2) is 30.3 Å². The van der Waals surface area contributed by atoms with E-state index in [2.05, 4.69) is 29.2 Å². The van der Waals surface area contributed by atoms with E-state index in [4.69, 9.17) is 14.2 Å². The van der Waals surface area contributed by atoms with Crippen molar-refractivity contribution in [2.75, 3.05) is 18.1 Å². The first-order valence-corrected chi connectivity index (χ1v) is 12.8. The lowest BCUT2D eigenvalue weighted by Crippen LogP contribution is -2.26. The molecule has 1 N–H and O–H groups in total. The standard InChI is InChI=1S/C32H31NO5/c34-32(35)31(37-22-25-9-2-1-3-10-25)21-24-15-17-27(18-16-24)36-20-8-19-33-28-12-5-4-11-26(28)23-38-30-14-7-6-13-29(30)33/h1-7,9-18,31H,8,19-23H2,(H,34,35). The zero-order valence-electron chi connectivity index (χ0n) is 21.2. The molecule has 38 heavy (non-hydrogen) atoms. The van der Waals surface area contributed by atoms with Gasteiger partial charge in [0.05, 0.1) is 18.9 Å². The number of hydrogen-bond donors (Lipinski definition) is 1. The summed E-state index contributed by atoms with van der Waals surface area (Å²) in [5.41, 5.74) is 5.21. The maximum absolute atomic E-state index is 11.7. The van der Waals surface area contributed by atoms with E-state index >= 15 is 0 Å². The molecule has 4 aromatic rings. The van der Waals surface area contributed by atoms with Crippen LogP contribution in [0, 0.1) is 0 Å². The zero-order valence-corrected chi connectivity index (χ0v) is 21.2. The molecular formula is C32H31NO5. The highest BCUT2D eigenvalue weighted by molar-refractivity contribution is 5.73. The second-order valence-corrected chi connectivity index (χ2v) is 9.21. The van der Waals surface area contributed by atoms with Gasteiger partial charge in [0.1, 0.15) is 18.1 Å². The lowest BCUT2D eigenvalue weighted by Gasteiger charge is -2.25. The molecule has 1 unspecified atom stereocenters. The minimum Gasteiger partial charge on any atom is -0.494 e. The molecule has 0 saturated heterocycles. The van der Waals surface area contributed by atoms with Crippen LogP contribution in [0.3, 0.4) is 0 Å². The maximum atomic E-state index is 11.7. The fraction of sp³-hybridized carbons (Fsp3) is 0.219. The first-order chi connectivity index (χ1) is 18.7. The van der Waals surface area contributed by atoms with Crippen molar-refractivity contribution in [3.05, 3.63) is 120 Å². The molecule has 0 saturated carbocycles. The van der Waals surface area contributed by atoms with Gasteiger partial charge in [-0.1, -0.05) is 72.8 Å². The van der Waals surface area contributed by atoms with Crippen LogP contribution in [0.1, 0.15) is 23.1 Å². The van der Waals surface area contributed by atoms with Crippen molar-refractivity contribution in [2.24, 2.45) is 0 Å². The molecule has 1 atom stereocenters. The molecule has 0 fully saturated rings. The number of hydrogen-bond acceptors (Lipinski definition) is 5. The smallest absolute Gasteiger partial charge is 0.333 e. The minimum atomic E-state index is -0.969. The van der Waals surface area contributed by atoms with E-state index in [-0.39, 0.29) is 13.0 Å². The second-order valence-electron chi connectivity index (χ2n) is 9.21. The lowest BCUT2D eigenvalue weighted by molar-refractivity contribution is -0.151. The summed E-state index contributed by atoms with van der Waals surface area (Å²) in [6, 6.07) is 33.6. The summed E-state index contributed by atoms with van der Waals surface area (Å²) in [5.74, 6) is 0.668. The van der Waals surface area contributed by atoms with Gasteiger partial charge in [-0.05, 0) is 47.9 Å². The van der Waals surface area contributed by atoms with Crippen molar-refractivity contribution in [1.29, 1.82) is 0 Å². The SMILES string of the molecule is O=C(O)C(Cc1ccc(OCCCN2c3ccccc3COc3ccccc32)cc1)OCc1ccccc1. The Bertz CT molecular complexity index is 1290. The molecule has 0 aromatic heterocycles. The molecule has 6 nitrogen and oxygen atoms in total. The van der Waals surface area contributed by atoms with Crippen LogP contribution < -0.4 is 14.4 Å². The van der Waals surface area contributed by atoms with E-state index in [1.807, 2.05) is 78.9 Å². The lowest BCUT2D eigenvalue weighted by atomic mass is 10.1. The number of benzene rings is 4. The van der Waals surface area contributed by atoms with Gasteiger partial charge in [-0.25, -0.2) is 4.79 Å². The summed E-state index contributed by atoms with van der Waals surface area (Å²) in [6.45, 7) is 2.15. The molecule has 6 heteroatoms. The van der Waals surface area contributed by atoms with Gasteiger partial charge in [-0.3, -0.25) is 0 Å². The van der Waals surface area contributed by atoms with Crippen LogP contribution in [0.5, 0.6) is 11.5 Å². The Morgan fingerprint density at radius 1 is 0.842 bits per heavy atom. The Morgan fingerprint density at radius 2 is 1.55 bits per heavy atom. The fourth-order valence-corrected chi connectivity index (χ4v) is 4.56. The summed E-state index contributed by atoms with van der Waals surface area (Å²) in [4.78, 5) is 14.0. The van der Waals surface area contributed by atoms with E-state index in [0.717, 1.165) is 52.5 Å². The number of ether oxygens (including phenoxy) is 3. The third-order valence-electron chi connectivity index (χ3n) is 6.53. The average Bonchev–Trinajstić information content (AvgIpc) is 3.11. The molecule has 194 valence electrons. The second kappa shape index (κ2) is 12.3. The molecule has 0 spiro atoms. The number of carboxylic acid groups (broad SMARTS) is 1. The van der Waals surface area contributed by atoms with Crippen LogP contribution in [0.4, 0.5) is 11.4 Å². The Balaban J connectivity index is 1.15. The normalized spacial score (nSPS) is 13.0. The molecule has 0 amide bonds. The molecule has 1 aliphatic heterocycles. The first kappa shape index (κ1) is 25.4. The van der Waals surface area contributed by atoms with E-state index in [0.29, 0.717) is 13.2 Å². The Labute approximate surface area is 223 Å². The van der Waals surface area contributed by atoms with Crippen LogP contribution in [0.25, 0.3) is 0 Å². The van der Waals surface area contributed by atoms with Crippen molar-refractivity contribution < 1.29 is 24.1 Å². The summed E-state index contributed by atoms with van der Waals surface area (Å²) in [5, 5.41) is 9.60. The number of carboxylic acids is 1. The van der Waals surface area contributed by atoms with E-state index in [1.54, 1.807) is 0 Å². The van der Waals surface area contributed by atoms with Gasteiger partial charge in [-0.15, -0.1) is 0 Å². The van der Waals surface area contributed by atoms with Gasteiger partial charge >= 0.3 is 5.97 Å². The topological polar surface area (TPSA) is 68.2 Å². The quantitative estimate of drug-likeness (QED) is 0.236. The molecule has 5 rings (SSSR count). The maximum Gasteiger partial charge on any atom is 0.333 e. The van der Waals surface area contributed by atoms with Crippen molar-refractivity contribution in [2.45, 2.75) is 32.2 Å². The highest BCUT2D eigenvalue weighted by atomic mass is 16.5. The van der Waals surface area contributed by atoms with E-state index in [9.17, 15) is 9.90 Å². The number of rotatable bonds is 11. The summed E-state index contributed by atoms with van der Waals surface area (Å²) in [6.07, 6.45) is 0.197. The molecule has 0 bridgehead atoms. The van der Waals surface area contributed by atoms with Crippen LogP contribution in [0.2, 0.25) is 0 Å². The van der Waals surface area contributed by atoms with E-state index < -0.39 is 12.1 Å². The third-order valence-corrected chi connectivity index (χ3v) is 6.53. The zero-order chi connectivity index (χ0) is 26.2. The summed E-state index contributed by atoms with van der Waals surface area (Å²) < 4.78 is 17.7. The number of aliphatic carboxylic acids is 1. The predicted molar refractivity (Wildman–Crippen MR) is 147 cm³/mol. The van der Waals surface area contributed by atoms with E-state index in [1.165, 1.54) is 0 Å². The molecule has 0 radical (unpaired) electrons. The molecule has 1 heterocycles. The van der Waals surface area contributed by atoms with Gasteiger partial charge in [-0.2, -0.15) is 0 Å². The van der Waals surface area contributed by atoms with Gasteiger partial charge in [0.25, 0.3) is 0 Å². The molecular weight excluding hydrogens is 478 g/mol. The first-order valence-electron chi connectivity index (χ1n) is 12.8. The minimum absolute atomic E-state index is 0.261. The summed E-state index contributed by atoms with van der Waals surface area (Å²) in [7, 11) is 0. The Hall–Kier alpha value is -4.29. The van der Waals surface area contributed by atoms with Crippen LogP contribution >= 0.6 is 0 Å². The number of para-hydroxylation sites is 3. The molecule has 1 aliphatic rings. The largest absolute Gasteiger partial charge is 0.494 e. The number of fused-ring (bicyclic) bond motifs is 2. The summed E-state index contributed by atoms with van der Waals surface area (Å²) >= 11 is 0. The van der Waals surface area contributed by atoms with Gasteiger partial charge in [0.15, 0.2) is 6.10 Å². The van der Waals surface area contributed by atoms with Gasteiger partial charge < -0.3 is 24.2 Å². The average molecular weight is 510 g/mol. The molecule has 0 aliphatic carbocycles. The highest BCUT2D eigenvalue weighted by Gasteiger charge is 2.21. The Morgan fingerprint density at radius 3 is 2.34 bits per heavy atom. The monoisotopic (exact) mass is 509 g/mol. The highest BCUT2D eigenvalue weighted by Crippen LogP contribution is 2.39. The van der Waals surface area contributed by atoms with Gasteiger partial charge in [0, 0.05) is 24.2 Å². The third kappa shape index (κ3) is 6.33. The van der Waals surface area contributed by atoms with Crippen molar-refractivity contribution in [3.8, 4) is 11.5 Å².